The van der Waals surface area contributed by atoms with E-state index in [0.717, 1.165) is 0 Å². The van der Waals surface area contributed by atoms with Gasteiger partial charge in [0, 0.05) is 11.9 Å². The van der Waals surface area contributed by atoms with Crippen LogP contribution in [0.25, 0.3) is 11.5 Å². The number of halogens is 4. The Morgan fingerprint density at radius 3 is 2.61 bits per heavy atom. The molecule has 2 aromatic heterocycles. The van der Waals surface area contributed by atoms with Crippen LogP contribution >= 0.6 is 11.6 Å². The van der Waals surface area contributed by atoms with Crippen LogP contribution in [0, 0.1) is 5.82 Å². The summed E-state index contributed by atoms with van der Waals surface area (Å²) < 4.78 is 57.4. The van der Waals surface area contributed by atoms with E-state index in [1.807, 2.05) is 0 Å². The first-order valence-electron chi connectivity index (χ1n) is 8.07. The number of hydrogen-bond donors (Lipinski definition) is 0. The molecule has 0 aliphatic carbocycles. The Balaban J connectivity index is 1.82. The lowest BCUT2D eigenvalue weighted by Gasteiger charge is -2.23. The molecule has 28 heavy (non-hydrogen) atoms. The van der Waals surface area contributed by atoms with E-state index in [9.17, 15) is 17.4 Å². The third-order valence-electron chi connectivity index (χ3n) is 3.69. The highest BCUT2D eigenvalue weighted by Gasteiger charge is 2.18. The predicted molar refractivity (Wildman–Crippen MR) is 98.8 cm³/mol. The van der Waals surface area contributed by atoms with Crippen molar-refractivity contribution in [3.63, 3.8) is 0 Å². The van der Waals surface area contributed by atoms with E-state index in [1.54, 1.807) is 19.1 Å². The molecule has 1 aromatic carbocycles. The van der Waals surface area contributed by atoms with Gasteiger partial charge in [0.1, 0.15) is 16.8 Å². The van der Waals surface area contributed by atoms with Crippen LogP contribution in [0.4, 0.5) is 18.9 Å². The van der Waals surface area contributed by atoms with Gasteiger partial charge in [0.25, 0.3) is 5.89 Å². The second-order valence-corrected chi connectivity index (χ2v) is 7.60. The van der Waals surface area contributed by atoms with Crippen molar-refractivity contribution < 1.29 is 21.8 Å². The average Bonchev–Trinajstić information content (AvgIpc) is 3.19. The minimum atomic E-state index is -2.85. The lowest BCUT2D eigenvalue weighted by molar-refractivity contribution is 0.116. The highest BCUT2D eigenvalue weighted by Crippen LogP contribution is 2.26. The van der Waals surface area contributed by atoms with Crippen LogP contribution in [0.1, 0.15) is 24.9 Å². The molecule has 0 bridgehead atoms. The Morgan fingerprint density at radius 1 is 1.25 bits per heavy atom. The minimum absolute atomic E-state index is 0.0753. The molecule has 0 aliphatic rings. The average molecular weight is 431 g/mol. The summed E-state index contributed by atoms with van der Waals surface area (Å²) in [6.07, 6.45) is -1.46. The number of aromatic nitrogens is 3. The van der Waals surface area contributed by atoms with Crippen LogP contribution in [0.2, 0.25) is 5.02 Å². The Kier molecular flexibility index (Phi) is 6.30. The van der Waals surface area contributed by atoms with Crippen LogP contribution < -0.4 is 4.31 Å². The molecular weight excluding hydrogens is 417 g/mol. The SMILES string of the molecule is CCS(=O)N(Cc1ccc(-c2nnc(C(F)F)o2)cn1)c1ccc(F)c(Cl)c1. The number of alkyl halides is 2. The summed E-state index contributed by atoms with van der Waals surface area (Å²) in [7, 11) is -1.39. The number of nitrogens with zero attached hydrogens (tertiary/aromatic N) is 4. The molecule has 3 aromatic rings. The summed E-state index contributed by atoms with van der Waals surface area (Å²) in [5, 5.41) is 6.75. The fourth-order valence-electron chi connectivity index (χ4n) is 2.31. The van der Waals surface area contributed by atoms with Crippen molar-refractivity contribution in [3.05, 3.63) is 59.0 Å². The van der Waals surface area contributed by atoms with Gasteiger partial charge in [0.2, 0.25) is 5.89 Å². The Labute approximate surface area is 165 Å². The van der Waals surface area contributed by atoms with Gasteiger partial charge in [-0.3, -0.25) is 9.29 Å². The van der Waals surface area contributed by atoms with Crippen LogP contribution in [-0.2, 0) is 17.5 Å². The van der Waals surface area contributed by atoms with E-state index in [0.29, 0.717) is 22.7 Å². The predicted octanol–water partition coefficient (Wildman–Crippen LogP) is 4.55. The fourth-order valence-corrected chi connectivity index (χ4v) is 3.42. The standard InChI is InChI=1S/C17H14ClF3N4O2S/c1-2-28(26)25(12-5-6-14(19)13(18)7-12)9-11-4-3-10(8-22-11)16-23-24-17(27-16)15(20)21/h3-8,15H,2,9H2,1H3. The first-order valence-corrected chi connectivity index (χ1v) is 9.72. The van der Waals surface area contributed by atoms with E-state index in [4.69, 9.17) is 16.0 Å². The normalized spacial score (nSPS) is 12.4. The van der Waals surface area contributed by atoms with E-state index in [2.05, 4.69) is 15.2 Å². The van der Waals surface area contributed by atoms with Crippen LogP contribution in [0.5, 0.6) is 0 Å². The van der Waals surface area contributed by atoms with Gasteiger partial charge < -0.3 is 4.42 Å². The number of benzene rings is 1. The summed E-state index contributed by atoms with van der Waals surface area (Å²) in [5.41, 5.74) is 1.40. The number of rotatable bonds is 7. The second kappa shape index (κ2) is 8.70. The zero-order valence-corrected chi connectivity index (χ0v) is 16.1. The molecular formula is C17H14ClF3N4O2S. The minimum Gasteiger partial charge on any atom is -0.415 e. The largest absolute Gasteiger partial charge is 0.415 e. The number of anilines is 1. The van der Waals surface area contributed by atoms with Crippen molar-refractivity contribution in [1.29, 1.82) is 0 Å². The third-order valence-corrected chi connectivity index (χ3v) is 5.30. The highest BCUT2D eigenvalue weighted by molar-refractivity contribution is 7.86. The molecule has 0 saturated heterocycles. The van der Waals surface area contributed by atoms with Gasteiger partial charge >= 0.3 is 6.43 Å². The third kappa shape index (κ3) is 4.50. The number of hydrogen-bond acceptors (Lipinski definition) is 5. The summed E-state index contributed by atoms with van der Waals surface area (Å²) >= 11 is 5.83. The first kappa shape index (κ1) is 20.3. The van der Waals surface area contributed by atoms with E-state index < -0.39 is 29.1 Å². The van der Waals surface area contributed by atoms with Crippen molar-refractivity contribution in [2.75, 3.05) is 10.1 Å². The van der Waals surface area contributed by atoms with E-state index in [1.165, 1.54) is 28.7 Å². The van der Waals surface area contributed by atoms with Gasteiger partial charge in [0.05, 0.1) is 28.5 Å². The van der Waals surface area contributed by atoms with Crippen molar-refractivity contribution in [2.24, 2.45) is 0 Å². The summed E-state index contributed by atoms with van der Waals surface area (Å²) in [5.74, 6) is -1.07. The zero-order chi connectivity index (χ0) is 20.3. The molecule has 0 spiro atoms. The maximum Gasteiger partial charge on any atom is 0.314 e. The van der Waals surface area contributed by atoms with E-state index in [-0.39, 0.29) is 17.5 Å². The van der Waals surface area contributed by atoms with Gasteiger partial charge in [-0.1, -0.05) is 18.5 Å². The molecule has 148 valence electrons. The molecule has 1 unspecified atom stereocenters. The van der Waals surface area contributed by atoms with Crippen molar-refractivity contribution in [3.8, 4) is 11.5 Å². The molecule has 0 radical (unpaired) electrons. The maximum absolute atomic E-state index is 13.4. The molecule has 0 saturated carbocycles. The molecule has 11 heteroatoms. The van der Waals surface area contributed by atoms with Gasteiger partial charge in [-0.25, -0.2) is 8.60 Å². The van der Waals surface area contributed by atoms with Gasteiger partial charge in [-0.15, -0.1) is 10.2 Å². The van der Waals surface area contributed by atoms with Gasteiger partial charge in [0.15, 0.2) is 0 Å². The summed E-state index contributed by atoms with van der Waals surface area (Å²) in [6.45, 7) is 1.91. The number of pyridine rings is 1. The molecule has 0 aliphatic heterocycles. The quantitative estimate of drug-likeness (QED) is 0.549. The molecule has 0 amide bonds. The maximum atomic E-state index is 13.4. The summed E-state index contributed by atoms with van der Waals surface area (Å²) in [4.78, 5) is 4.23. The van der Waals surface area contributed by atoms with Gasteiger partial charge in [-0.2, -0.15) is 8.78 Å². The topological polar surface area (TPSA) is 72.1 Å². The molecule has 2 heterocycles. The lowest BCUT2D eigenvalue weighted by Crippen LogP contribution is -2.27. The molecule has 0 fully saturated rings. The zero-order valence-electron chi connectivity index (χ0n) is 14.5. The molecule has 3 rings (SSSR count). The van der Waals surface area contributed by atoms with Crippen LogP contribution in [0.15, 0.2) is 40.9 Å². The summed E-state index contributed by atoms with van der Waals surface area (Å²) in [6, 6.07) is 7.27. The fraction of sp³-hybridized carbons (Fsp3) is 0.235. The molecule has 1 atom stereocenters. The van der Waals surface area contributed by atoms with Crippen molar-refractivity contribution >= 4 is 28.3 Å². The van der Waals surface area contributed by atoms with Crippen molar-refractivity contribution in [2.45, 2.75) is 19.9 Å². The lowest BCUT2D eigenvalue weighted by atomic mass is 10.2. The second-order valence-electron chi connectivity index (χ2n) is 5.53. The smallest absolute Gasteiger partial charge is 0.314 e. The molecule has 6 nitrogen and oxygen atoms in total. The monoisotopic (exact) mass is 430 g/mol. The highest BCUT2D eigenvalue weighted by atomic mass is 35.5. The Bertz CT molecular complexity index is 985. The van der Waals surface area contributed by atoms with Crippen LogP contribution in [0.3, 0.4) is 0 Å². The first-order chi connectivity index (χ1) is 13.4. The van der Waals surface area contributed by atoms with E-state index >= 15 is 0 Å². The molecule has 0 N–H and O–H groups in total. The van der Waals surface area contributed by atoms with Gasteiger partial charge in [-0.05, 0) is 30.3 Å². The Morgan fingerprint density at radius 2 is 2.04 bits per heavy atom. The Hall–Kier alpha value is -2.46. The van der Waals surface area contributed by atoms with Crippen molar-refractivity contribution in [1.82, 2.24) is 15.2 Å². The van der Waals surface area contributed by atoms with Crippen LogP contribution in [-0.4, -0.2) is 25.1 Å².